The van der Waals surface area contributed by atoms with Crippen LogP contribution in [0.4, 0.5) is 0 Å². The van der Waals surface area contributed by atoms with Gasteiger partial charge in [-0.3, -0.25) is 4.79 Å². The van der Waals surface area contributed by atoms with Crippen molar-refractivity contribution < 1.29 is 9.90 Å². The summed E-state index contributed by atoms with van der Waals surface area (Å²) < 4.78 is 1.51. The van der Waals surface area contributed by atoms with Crippen molar-refractivity contribution >= 4 is 5.91 Å². The number of likely N-dealkylation sites (N-methyl/N-ethyl adjacent to an activating group) is 1. The average molecular weight is 338 g/mol. The molecule has 1 aromatic heterocycles. The fourth-order valence-corrected chi connectivity index (χ4v) is 3.03. The largest absolute Gasteiger partial charge is 0.391 e. The van der Waals surface area contributed by atoms with Crippen LogP contribution in [0.5, 0.6) is 0 Å². The Balaban J connectivity index is 2.02. The highest BCUT2D eigenvalue weighted by Crippen LogP contribution is 2.17. The number of nitrogens with two attached hydrogens (primary N) is 1. The van der Waals surface area contributed by atoms with E-state index in [-0.39, 0.29) is 5.91 Å². The van der Waals surface area contributed by atoms with E-state index in [1.54, 1.807) is 13.1 Å². The zero-order chi connectivity index (χ0) is 17.5. The Hall–Kier alpha value is -1.51. The van der Waals surface area contributed by atoms with E-state index in [4.69, 9.17) is 5.73 Å². The summed E-state index contributed by atoms with van der Waals surface area (Å²) in [6.45, 7) is 8.52. The van der Waals surface area contributed by atoms with Crippen molar-refractivity contribution in [2.24, 2.45) is 5.73 Å². The molecule has 0 bridgehead atoms. The number of carbonyl (C=O) groups excluding carboxylic acids is 1. The monoisotopic (exact) mass is 338 g/mol. The molecule has 1 amide bonds. The number of hydrogen-bond donors (Lipinski definition) is 2. The Morgan fingerprint density at radius 1 is 1.33 bits per heavy atom. The maximum atomic E-state index is 12.8. The lowest BCUT2D eigenvalue weighted by molar-refractivity contribution is -0.140. The number of nitrogens with zero attached hydrogens (tertiary/aromatic N) is 5. The van der Waals surface area contributed by atoms with E-state index in [2.05, 4.69) is 22.1 Å². The van der Waals surface area contributed by atoms with E-state index in [0.29, 0.717) is 19.6 Å². The third kappa shape index (κ3) is 4.75. The second-order valence-corrected chi connectivity index (χ2v) is 6.38. The highest BCUT2D eigenvalue weighted by molar-refractivity contribution is 5.81. The second-order valence-electron chi connectivity index (χ2n) is 6.38. The Labute approximate surface area is 143 Å². The van der Waals surface area contributed by atoms with Crippen LogP contribution in [0.25, 0.3) is 0 Å². The molecule has 0 spiro atoms. The van der Waals surface area contributed by atoms with Gasteiger partial charge in [-0.25, -0.2) is 4.68 Å². The predicted molar refractivity (Wildman–Crippen MR) is 91.4 cm³/mol. The molecule has 0 aliphatic carbocycles. The molecule has 8 nitrogen and oxygen atoms in total. The minimum Gasteiger partial charge on any atom is -0.391 e. The van der Waals surface area contributed by atoms with Crippen LogP contribution >= 0.6 is 0 Å². The van der Waals surface area contributed by atoms with E-state index in [0.717, 1.165) is 44.6 Å². The van der Waals surface area contributed by atoms with Gasteiger partial charge >= 0.3 is 0 Å². The van der Waals surface area contributed by atoms with Crippen LogP contribution in [0.15, 0.2) is 6.20 Å². The van der Waals surface area contributed by atoms with Crippen molar-refractivity contribution in [3.05, 3.63) is 11.9 Å². The van der Waals surface area contributed by atoms with Gasteiger partial charge in [0, 0.05) is 32.4 Å². The average Bonchev–Trinajstić information content (AvgIpc) is 3.03. The van der Waals surface area contributed by atoms with Crippen LogP contribution in [0.3, 0.4) is 0 Å². The van der Waals surface area contributed by atoms with E-state index in [9.17, 15) is 9.90 Å². The summed E-state index contributed by atoms with van der Waals surface area (Å²) >= 11 is 0. The number of piperazine rings is 1. The number of amides is 1. The first-order chi connectivity index (χ1) is 11.6. The van der Waals surface area contributed by atoms with Gasteiger partial charge < -0.3 is 20.6 Å². The van der Waals surface area contributed by atoms with Crippen molar-refractivity contribution in [3.63, 3.8) is 0 Å². The lowest BCUT2D eigenvalue weighted by Gasteiger charge is -2.36. The molecule has 1 fully saturated rings. The van der Waals surface area contributed by atoms with Crippen LogP contribution in [0.2, 0.25) is 0 Å². The Morgan fingerprint density at radius 3 is 2.62 bits per heavy atom. The summed E-state index contributed by atoms with van der Waals surface area (Å²) in [6, 6.07) is -0.714. The molecular weight excluding hydrogens is 308 g/mol. The molecule has 1 aliphatic heterocycles. The molecule has 0 radical (unpaired) electrons. The zero-order valence-corrected chi connectivity index (χ0v) is 14.8. The van der Waals surface area contributed by atoms with Crippen molar-refractivity contribution in [2.45, 2.75) is 45.3 Å². The number of hydrogen-bond acceptors (Lipinski definition) is 6. The molecule has 136 valence electrons. The maximum Gasteiger partial charge on any atom is 0.250 e. The summed E-state index contributed by atoms with van der Waals surface area (Å²) in [5.74, 6) is -0.0841. The van der Waals surface area contributed by atoms with Gasteiger partial charge in [0.2, 0.25) is 5.91 Å². The summed E-state index contributed by atoms with van der Waals surface area (Å²) in [7, 11) is 0. The van der Waals surface area contributed by atoms with Gasteiger partial charge in [0.1, 0.15) is 0 Å². The Kier molecular flexibility index (Phi) is 7.14. The third-order valence-corrected chi connectivity index (χ3v) is 4.57. The fraction of sp³-hybridized carbons (Fsp3) is 0.812. The van der Waals surface area contributed by atoms with Crippen molar-refractivity contribution in [3.8, 4) is 0 Å². The summed E-state index contributed by atoms with van der Waals surface area (Å²) in [4.78, 5) is 17.0. The van der Waals surface area contributed by atoms with Gasteiger partial charge in [0.15, 0.2) is 6.04 Å². The minimum atomic E-state index is -0.819. The quantitative estimate of drug-likeness (QED) is 0.628. The number of unbranched alkanes of at least 4 members (excludes halogenated alkanes) is 1. The number of aliphatic hydroxyl groups excluding tert-OH is 1. The molecule has 1 aromatic rings. The van der Waals surface area contributed by atoms with Gasteiger partial charge in [-0.1, -0.05) is 12.1 Å². The molecule has 0 aromatic carbocycles. The fourth-order valence-electron chi connectivity index (χ4n) is 3.03. The molecular formula is C16H30N6O2. The molecule has 2 rings (SSSR count). The van der Waals surface area contributed by atoms with Crippen molar-refractivity contribution in [1.29, 1.82) is 0 Å². The molecule has 1 saturated heterocycles. The molecule has 0 saturated carbocycles. The topological polar surface area (TPSA) is 101 Å². The van der Waals surface area contributed by atoms with Gasteiger partial charge in [0.05, 0.1) is 11.8 Å². The standard InChI is InChI=1S/C16H30N6O2/c1-3-20-8-10-21(11-9-20)16(24)15(13(2)23)22-12-14(18-19-22)6-4-5-7-17/h12-13,15,23H,3-11,17H2,1-2H3/t13?,15-/m0/s1. The molecule has 8 heteroatoms. The lowest BCUT2D eigenvalue weighted by Crippen LogP contribution is -2.51. The molecule has 1 unspecified atom stereocenters. The number of carbonyl (C=O) groups is 1. The summed E-state index contributed by atoms with van der Waals surface area (Å²) in [5, 5.41) is 18.3. The maximum absolute atomic E-state index is 12.8. The Bertz CT molecular complexity index is 510. The normalized spacial score (nSPS) is 18.6. The highest BCUT2D eigenvalue weighted by Gasteiger charge is 2.32. The van der Waals surface area contributed by atoms with E-state index >= 15 is 0 Å². The number of aryl methyl sites for hydroxylation is 1. The molecule has 1 aliphatic rings. The Morgan fingerprint density at radius 2 is 2.04 bits per heavy atom. The molecule has 2 heterocycles. The van der Waals surface area contributed by atoms with E-state index in [1.807, 2.05) is 4.90 Å². The smallest absolute Gasteiger partial charge is 0.250 e. The van der Waals surface area contributed by atoms with E-state index < -0.39 is 12.1 Å². The van der Waals surface area contributed by atoms with E-state index in [1.165, 1.54) is 4.68 Å². The SMILES string of the molecule is CCN1CCN(C(=O)[C@H](C(C)O)n2cc(CCCCN)nn2)CC1. The van der Waals surface area contributed by atoms with Crippen LogP contribution in [-0.4, -0.2) is 81.2 Å². The summed E-state index contributed by atoms with van der Waals surface area (Å²) in [6.07, 6.45) is 3.62. The third-order valence-electron chi connectivity index (χ3n) is 4.57. The van der Waals surface area contributed by atoms with Crippen molar-refractivity contribution in [1.82, 2.24) is 24.8 Å². The van der Waals surface area contributed by atoms with Gasteiger partial charge in [-0.15, -0.1) is 5.10 Å². The predicted octanol–water partition coefficient (Wildman–Crippen LogP) is -0.354. The van der Waals surface area contributed by atoms with Crippen LogP contribution < -0.4 is 5.73 Å². The van der Waals surface area contributed by atoms with Crippen LogP contribution in [0, 0.1) is 0 Å². The van der Waals surface area contributed by atoms with Gasteiger partial charge in [0.25, 0.3) is 0 Å². The zero-order valence-electron chi connectivity index (χ0n) is 14.8. The number of rotatable bonds is 8. The van der Waals surface area contributed by atoms with Gasteiger partial charge in [-0.2, -0.15) is 0 Å². The first-order valence-corrected chi connectivity index (χ1v) is 8.86. The molecule has 24 heavy (non-hydrogen) atoms. The first-order valence-electron chi connectivity index (χ1n) is 8.86. The highest BCUT2D eigenvalue weighted by atomic mass is 16.3. The molecule has 3 N–H and O–H groups in total. The number of aliphatic hydroxyl groups is 1. The second kappa shape index (κ2) is 9.10. The first kappa shape index (κ1) is 18.8. The number of aromatic nitrogens is 3. The summed E-state index contributed by atoms with van der Waals surface area (Å²) in [5.41, 5.74) is 6.33. The van der Waals surface area contributed by atoms with Crippen LogP contribution in [0.1, 0.15) is 38.4 Å². The van der Waals surface area contributed by atoms with Crippen molar-refractivity contribution in [2.75, 3.05) is 39.3 Å². The molecule has 2 atom stereocenters. The van der Waals surface area contributed by atoms with Gasteiger partial charge in [-0.05, 0) is 39.3 Å². The lowest BCUT2D eigenvalue weighted by atomic mass is 10.1. The van der Waals surface area contributed by atoms with Crippen LogP contribution in [-0.2, 0) is 11.2 Å². The minimum absolute atomic E-state index is 0.0841.